The van der Waals surface area contributed by atoms with Gasteiger partial charge in [0.25, 0.3) is 0 Å². The number of anilines is 1. The summed E-state index contributed by atoms with van der Waals surface area (Å²) in [5.41, 5.74) is 1.21. The quantitative estimate of drug-likeness (QED) is 0.793. The summed E-state index contributed by atoms with van der Waals surface area (Å²) in [7, 11) is 0. The van der Waals surface area contributed by atoms with E-state index in [0.29, 0.717) is 11.8 Å². The molecule has 1 heterocycles. The molecule has 2 heteroatoms. The van der Waals surface area contributed by atoms with Crippen molar-refractivity contribution in [1.29, 1.82) is 0 Å². The normalized spacial score (nSPS) is 12.9. The Hall–Kier alpha value is -1.05. The van der Waals surface area contributed by atoms with Crippen LogP contribution in [0, 0.1) is 18.8 Å². The standard InChI is InChI=1S/C12H20N2/c1-9(2)11(4)8-14-12-10(3)6-5-7-13-12/h5-7,9,11H,8H2,1-4H3,(H,13,14). The van der Waals surface area contributed by atoms with Gasteiger partial charge in [-0.3, -0.25) is 0 Å². The molecular weight excluding hydrogens is 172 g/mol. The van der Waals surface area contributed by atoms with Crippen molar-refractivity contribution in [2.75, 3.05) is 11.9 Å². The largest absolute Gasteiger partial charge is 0.370 e. The Labute approximate surface area is 86.8 Å². The summed E-state index contributed by atoms with van der Waals surface area (Å²) in [6, 6.07) is 4.04. The highest BCUT2D eigenvalue weighted by Gasteiger charge is 2.07. The molecule has 0 radical (unpaired) electrons. The van der Waals surface area contributed by atoms with Gasteiger partial charge in [-0.05, 0) is 30.4 Å². The van der Waals surface area contributed by atoms with E-state index in [-0.39, 0.29) is 0 Å². The highest BCUT2D eigenvalue weighted by Crippen LogP contribution is 2.13. The Morgan fingerprint density at radius 3 is 2.64 bits per heavy atom. The van der Waals surface area contributed by atoms with Crippen LogP contribution in [0.5, 0.6) is 0 Å². The lowest BCUT2D eigenvalue weighted by Crippen LogP contribution is -2.17. The minimum Gasteiger partial charge on any atom is -0.370 e. The van der Waals surface area contributed by atoms with Crippen molar-refractivity contribution in [3.63, 3.8) is 0 Å². The van der Waals surface area contributed by atoms with Crippen molar-refractivity contribution in [1.82, 2.24) is 4.98 Å². The van der Waals surface area contributed by atoms with E-state index in [0.717, 1.165) is 12.4 Å². The first-order chi connectivity index (χ1) is 6.61. The predicted molar refractivity (Wildman–Crippen MR) is 61.5 cm³/mol. The molecule has 0 bridgehead atoms. The zero-order valence-corrected chi connectivity index (χ0v) is 9.54. The van der Waals surface area contributed by atoms with E-state index in [2.05, 4.69) is 44.1 Å². The van der Waals surface area contributed by atoms with Gasteiger partial charge in [0.15, 0.2) is 0 Å². The highest BCUT2D eigenvalue weighted by molar-refractivity contribution is 5.42. The molecule has 0 amide bonds. The number of hydrogen-bond donors (Lipinski definition) is 1. The van der Waals surface area contributed by atoms with Crippen molar-refractivity contribution in [2.24, 2.45) is 11.8 Å². The van der Waals surface area contributed by atoms with E-state index in [1.54, 1.807) is 0 Å². The summed E-state index contributed by atoms with van der Waals surface area (Å²) < 4.78 is 0. The Morgan fingerprint density at radius 1 is 1.36 bits per heavy atom. The van der Waals surface area contributed by atoms with Gasteiger partial charge >= 0.3 is 0 Å². The van der Waals surface area contributed by atoms with E-state index in [1.165, 1.54) is 5.56 Å². The molecule has 0 aliphatic carbocycles. The maximum atomic E-state index is 4.30. The van der Waals surface area contributed by atoms with Crippen molar-refractivity contribution in [2.45, 2.75) is 27.7 Å². The molecule has 0 saturated carbocycles. The summed E-state index contributed by atoms with van der Waals surface area (Å²) in [4.78, 5) is 4.30. The van der Waals surface area contributed by atoms with Crippen molar-refractivity contribution < 1.29 is 0 Å². The SMILES string of the molecule is Cc1cccnc1NCC(C)C(C)C. The number of rotatable bonds is 4. The van der Waals surface area contributed by atoms with Crippen LogP contribution in [0.4, 0.5) is 5.82 Å². The average molecular weight is 192 g/mol. The number of aryl methyl sites for hydroxylation is 1. The first kappa shape index (κ1) is 11.0. The lowest BCUT2D eigenvalue weighted by molar-refractivity contribution is 0.439. The number of aromatic nitrogens is 1. The van der Waals surface area contributed by atoms with Crippen molar-refractivity contribution in [3.05, 3.63) is 23.9 Å². The first-order valence-corrected chi connectivity index (χ1v) is 5.26. The van der Waals surface area contributed by atoms with Gasteiger partial charge < -0.3 is 5.32 Å². The Balaban J connectivity index is 2.50. The summed E-state index contributed by atoms with van der Waals surface area (Å²) in [6.45, 7) is 9.83. The summed E-state index contributed by atoms with van der Waals surface area (Å²) in [6.07, 6.45) is 1.83. The molecule has 1 aromatic rings. The third-order valence-electron chi connectivity index (χ3n) is 2.74. The minimum atomic E-state index is 0.677. The maximum Gasteiger partial charge on any atom is 0.128 e. The number of nitrogens with one attached hydrogen (secondary N) is 1. The predicted octanol–water partition coefficient (Wildman–Crippen LogP) is 3.09. The summed E-state index contributed by atoms with van der Waals surface area (Å²) >= 11 is 0. The van der Waals surface area contributed by atoms with E-state index < -0.39 is 0 Å². The molecule has 0 fully saturated rings. The zero-order chi connectivity index (χ0) is 10.6. The fraction of sp³-hybridized carbons (Fsp3) is 0.583. The van der Waals surface area contributed by atoms with Crippen LogP contribution in [0.15, 0.2) is 18.3 Å². The van der Waals surface area contributed by atoms with Gasteiger partial charge in [-0.2, -0.15) is 0 Å². The minimum absolute atomic E-state index is 0.677. The van der Waals surface area contributed by atoms with Crippen molar-refractivity contribution in [3.8, 4) is 0 Å². The molecule has 1 N–H and O–H groups in total. The third-order valence-corrected chi connectivity index (χ3v) is 2.74. The molecule has 0 aromatic carbocycles. The Bertz CT molecular complexity index is 281. The van der Waals surface area contributed by atoms with Gasteiger partial charge in [0.05, 0.1) is 0 Å². The van der Waals surface area contributed by atoms with Gasteiger partial charge in [-0.15, -0.1) is 0 Å². The number of pyridine rings is 1. The molecule has 1 unspecified atom stereocenters. The fourth-order valence-corrected chi connectivity index (χ4v) is 1.16. The second-order valence-electron chi connectivity index (χ2n) is 4.27. The molecule has 0 spiro atoms. The highest BCUT2D eigenvalue weighted by atomic mass is 15.0. The van der Waals surface area contributed by atoms with E-state index >= 15 is 0 Å². The molecular formula is C12H20N2. The van der Waals surface area contributed by atoms with Crippen LogP contribution in [0.1, 0.15) is 26.3 Å². The monoisotopic (exact) mass is 192 g/mol. The van der Waals surface area contributed by atoms with E-state index in [4.69, 9.17) is 0 Å². The second-order valence-corrected chi connectivity index (χ2v) is 4.27. The molecule has 14 heavy (non-hydrogen) atoms. The third kappa shape index (κ3) is 3.02. The number of hydrogen-bond acceptors (Lipinski definition) is 2. The molecule has 78 valence electrons. The summed E-state index contributed by atoms with van der Waals surface area (Å²) in [5.74, 6) is 2.41. The fourth-order valence-electron chi connectivity index (χ4n) is 1.16. The first-order valence-electron chi connectivity index (χ1n) is 5.26. The van der Waals surface area contributed by atoms with Gasteiger partial charge in [0.1, 0.15) is 5.82 Å². The Morgan fingerprint density at radius 2 is 2.07 bits per heavy atom. The van der Waals surface area contributed by atoms with Crippen LogP contribution in [0.2, 0.25) is 0 Å². The maximum absolute atomic E-state index is 4.30. The molecule has 1 atom stereocenters. The topological polar surface area (TPSA) is 24.9 Å². The van der Waals surface area contributed by atoms with Gasteiger partial charge in [-0.1, -0.05) is 26.8 Å². The number of nitrogens with zero attached hydrogens (tertiary/aromatic N) is 1. The van der Waals surface area contributed by atoms with E-state index in [9.17, 15) is 0 Å². The van der Waals surface area contributed by atoms with Crippen LogP contribution in [0.3, 0.4) is 0 Å². The van der Waals surface area contributed by atoms with Gasteiger partial charge in [0.2, 0.25) is 0 Å². The average Bonchev–Trinajstić information content (AvgIpc) is 2.16. The smallest absolute Gasteiger partial charge is 0.128 e. The Kier molecular flexibility index (Phi) is 3.93. The molecule has 1 rings (SSSR count). The van der Waals surface area contributed by atoms with Gasteiger partial charge in [0, 0.05) is 12.7 Å². The molecule has 0 saturated heterocycles. The lowest BCUT2D eigenvalue weighted by atomic mass is 9.98. The molecule has 1 aromatic heterocycles. The lowest BCUT2D eigenvalue weighted by Gasteiger charge is -2.17. The molecule has 0 aliphatic rings. The van der Waals surface area contributed by atoms with Gasteiger partial charge in [-0.25, -0.2) is 4.98 Å². The summed E-state index contributed by atoms with van der Waals surface area (Å²) in [5, 5.41) is 3.38. The molecule has 0 aliphatic heterocycles. The van der Waals surface area contributed by atoms with Crippen molar-refractivity contribution >= 4 is 5.82 Å². The van der Waals surface area contributed by atoms with Crippen LogP contribution >= 0.6 is 0 Å². The molecule has 2 nitrogen and oxygen atoms in total. The van der Waals surface area contributed by atoms with Crippen LogP contribution in [-0.2, 0) is 0 Å². The van der Waals surface area contributed by atoms with Crippen LogP contribution < -0.4 is 5.32 Å². The second kappa shape index (κ2) is 4.99. The van der Waals surface area contributed by atoms with E-state index in [1.807, 2.05) is 12.3 Å². The zero-order valence-electron chi connectivity index (χ0n) is 9.54. The van der Waals surface area contributed by atoms with Crippen LogP contribution in [0.25, 0.3) is 0 Å². The van der Waals surface area contributed by atoms with Crippen LogP contribution in [-0.4, -0.2) is 11.5 Å².